The number of rotatable bonds is 4. The van der Waals surface area contributed by atoms with E-state index in [2.05, 4.69) is 114 Å². The largest absolute Gasteiger partial charge is 0.309 e. The molecule has 0 saturated heterocycles. The van der Waals surface area contributed by atoms with Crippen molar-refractivity contribution in [3.8, 4) is 5.69 Å². The smallest absolute Gasteiger partial charge is 0.171 e. The Bertz CT molecular complexity index is 2560. The summed E-state index contributed by atoms with van der Waals surface area (Å²) < 4.78 is 17.7. The summed E-state index contributed by atoms with van der Waals surface area (Å²) in [4.78, 5) is 0. The Balaban J connectivity index is 1.43. The van der Waals surface area contributed by atoms with Crippen molar-refractivity contribution in [2.45, 2.75) is 0 Å². The van der Waals surface area contributed by atoms with Crippen molar-refractivity contribution in [3.63, 3.8) is 0 Å². The molecule has 8 aromatic carbocycles. The molecular weight excluding hydrogens is 565 g/mol. The Kier molecular flexibility index (Phi) is 5.81. The lowest BCUT2D eigenvalue weighted by atomic mass is 9.93. The third-order valence-electron chi connectivity index (χ3n) is 9.23. The summed E-state index contributed by atoms with van der Waals surface area (Å²) in [5, 5.41) is 12.3. The summed E-state index contributed by atoms with van der Waals surface area (Å²) in [6.07, 6.45) is 0. The lowest BCUT2D eigenvalue weighted by Gasteiger charge is -2.20. The minimum absolute atomic E-state index is 0.827. The standard InChI is InChI=1S/C42H28NOP/c44-45(30-16-6-2-7-17-30,31-18-8-3-9-19-31)32-24-25-37-40-27-38-35-22-12-10-20-33(35)34-21-11-13-23-36(34)39(38)28-42(40)43(41(37)26-32)29-14-4-1-5-15-29/h1-28H. The highest BCUT2D eigenvalue weighted by molar-refractivity contribution is 7.85. The van der Waals surface area contributed by atoms with Crippen LogP contribution in [0.4, 0.5) is 0 Å². The molecule has 1 aromatic heterocycles. The first-order valence-electron chi connectivity index (χ1n) is 15.3. The van der Waals surface area contributed by atoms with Crippen molar-refractivity contribution in [2.75, 3.05) is 0 Å². The van der Waals surface area contributed by atoms with Gasteiger partial charge in [0.15, 0.2) is 7.14 Å². The Morgan fingerprint density at radius 1 is 0.333 bits per heavy atom. The predicted molar refractivity (Wildman–Crippen MR) is 193 cm³/mol. The van der Waals surface area contributed by atoms with E-state index < -0.39 is 7.14 Å². The van der Waals surface area contributed by atoms with Gasteiger partial charge in [0.2, 0.25) is 0 Å². The predicted octanol–water partition coefficient (Wildman–Crippen LogP) is 9.88. The molecule has 0 atom stereocenters. The number of para-hydroxylation sites is 1. The minimum Gasteiger partial charge on any atom is -0.309 e. The van der Waals surface area contributed by atoms with Gasteiger partial charge in [-0.25, -0.2) is 0 Å². The third-order valence-corrected chi connectivity index (χ3v) is 12.3. The zero-order chi connectivity index (χ0) is 30.0. The molecule has 9 rings (SSSR count). The topological polar surface area (TPSA) is 22.0 Å². The Labute approximate surface area is 261 Å². The first kappa shape index (κ1) is 26.0. The summed E-state index contributed by atoms with van der Waals surface area (Å²) in [7, 11) is -3.16. The maximum absolute atomic E-state index is 15.4. The van der Waals surface area contributed by atoms with Gasteiger partial charge in [-0.15, -0.1) is 0 Å². The molecule has 1 heterocycles. The van der Waals surface area contributed by atoms with Gasteiger partial charge in [-0.2, -0.15) is 0 Å². The van der Waals surface area contributed by atoms with E-state index in [0.29, 0.717) is 0 Å². The van der Waals surface area contributed by atoms with E-state index in [4.69, 9.17) is 0 Å². The van der Waals surface area contributed by atoms with E-state index in [-0.39, 0.29) is 0 Å². The molecule has 0 spiro atoms. The molecule has 0 aliphatic carbocycles. The highest BCUT2D eigenvalue weighted by Gasteiger charge is 2.30. The van der Waals surface area contributed by atoms with Crippen molar-refractivity contribution in [1.29, 1.82) is 0 Å². The van der Waals surface area contributed by atoms with Crippen LogP contribution in [0.5, 0.6) is 0 Å². The molecule has 0 unspecified atom stereocenters. The molecule has 45 heavy (non-hydrogen) atoms. The molecular formula is C42H28NOP. The Morgan fingerprint density at radius 3 is 1.33 bits per heavy atom. The fourth-order valence-corrected chi connectivity index (χ4v) is 9.84. The van der Waals surface area contributed by atoms with Gasteiger partial charge in [-0.05, 0) is 62.6 Å². The van der Waals surface area contributed by atoms with E-state index >= 15 is 4.57 Å². The molecule has 3 heteroatoms. The quantitative estimate of drug-likeness (QED) is 0.147. The fourth-order valence-electron chi connectivity index (χ4n) is 7.18. The second kappa shape index (κ2) is 10.1. The zero-order valence-electron chi connectivity index (χ0n) is 24.5. The van der Waals surface area contributed by atoms with Crippen molar-refractivity contribution in [2.24, 2.45) is 0 Å². The number of fused-ring (bicyclic) bond motifs is 9. The van der Waals surface area contributed by atoms with Gasteiger partial charge in [-0.1, -0.05) is 140 Å². The van der Waals surface area contributed by atoms with E-state index in [9.17, 15) is 0 Å². The van der Waals surface area contributed by atoms with Crippen molar-refractivity contribution in [3.05, 3.63) is 170 Å². The number of nitrogens with zero attached hydrogens (tertiary/aromatic N) is 1. The molecule has 0 aliphatic rings. The summed E-state index contributed by atoms with van der Waals surface area (Å²) in [5.41, 5.74) is 3.26. The van der Waals surface area contributed by atoms with Crippen LogP contribution in [0.2, 0.25) is 0 Å². The van der Waals surface area contributed by atoms with Crippen molar-refractivity contribution in [1.82, 2.24) is 4.57 Å². The van der Waals surface area contributed by atoms with Crippen LogP contribution in [0.1, 0.15) is 0 Å². The van der Waals surface area contributed by atoms with Crippen molar-refractivity contribution < 1.29 is 4.57 Å². The molecule has 0 amide bonds. The summed E-state index contributed by atoms with van der Waals surface area (Å²) >= 11 is 0. The van der Waals surface area contributed by atoms with Gasteiger partial charge in [0.1, 0.15) is 0 Å². The molecule has 2 nitrogen and oxygen atoms in total. The lowest BCUT2D eigenvalue weighted by Crippen LogP contribution is -2.25. The zero-order valence-corrected chi connectivity index (χ0v) is 25.4. The molecule has 0 aliphatic heterocycles. The van der Waals surface area contributed by atoms with Gasteiger partial charge in [0.25, 0.3) is 0 Å². The second-order valence-electron chi connectivity index (χ2n) is 11.7. The minimum atomic E-state index is -3.16. The van der Waals surface area contributed by atoms with Gasteiger partial charge < -0.3 is 9.13 Å². The van der Waals surface area contributed by atoms with Crippen LogP contribution in [0.3, 0.4) is 0 Å². The van der Waals surface area contributed by atoms with Gasteiger partial charge in [0.05, 0.1) is 11.0 Å². The van der Waals surface area contributed by atoms with Crippen LogP contribution >= 0.6 is 7.14 Å². The number of aromatic nitrogens is 1. The van der Waals surface area contributed by atoms with Gasteiger partial charge in [-0.3, -0.25) is 0 Å². The SMILES string of the molecule is O=P(c1ccccc1)(c1ccccc1)c1ccc2c3cc4c5ccccc5c5ccccc5c4cc3n(-c3ccccc3)c2c1. The van der Waals surface area contributed by atoms with Crippen LogP contribution in [0, 0.1) is 0 Å². The molecule has 0 saturated carbocycles. The first-order chi connectivity index (χ1) is 22.2. The summed E-state index contributed by atoms with van der Waals surface area (Å²) in [6, 6.07) is 59.0. The van der Waals surface area contributed by atoms with Crippen LogP contribution in [-0.2, 0) is 4.57 Å². The van der Waals surface area contributed by atoms with Crippen LogP contribution in [-0.4, -0.2) is 4.57 Å². The normalized spacial score (nSPS) is 12.1. The molecule has 0 radical (unpaired) electrons. The number of benzene rings is 8. The molecule has 0 bridgehead atoms. The van der Waals surface area contributed by atoms with E-state index in [0.717, 1.165) is 38.0 Å². The summed E-state index contributed by atoms with van der Waals surface area (Å²) in [5.74, 6) is 0. The molecule has 0 fully saturated rings. The Morgan fingerprint density at radius 2 is 0.778 bits per heavy atom. The number of hydrogen-bond acceptors (Lipinski definition) is 1. The Hall–Kier alpha value is -5.43. The highest BCUT2D eigenvalue weighted by atomic mass is 31.2. The van der Waals surface area contributed by atoms with Gasteiger partial charge >= 0.3 is 0 Å². The fraction of sp³-hybridized carbons (Fsp3) is 0. The highest BCUT2D eigenvalue weighted by Crippen LogP contribution is 2.45. The maximum atomic E-state index is 15.4. The molecule has 9 aromatic rings. The van der Waals surface area contributed by atoms with Crippen LogP contribution in [0.25, 0.3) is 59.8 Å². The second-order valence-corrected chi connectivity index (χ2v) is 14.4. The molecule has 212 valence electrons. The van der Waals surface area contributed by atoms with E-state index in [1.54, 1.807) is 0 Å². The molecule has 0 N–H and O–H groups in total. The maximum Gasteiger partial charge on any atom is 0.171 e. The van der Waals surface area contributed by atoms with E-state index in [1.807, 2.05) is 60.7 Å². The van der Waals surface area contributed by atoms with Crippen LogP contribution < -0.4 is 15.9 Å². The number of hydrogen-bond donors (Lipinski definition) is 0. The lowest BCUT2D eigenvalue weighted by molar-refractivity contribution is 0.592. The average molecular weight is 594 g/mol. The van der Waals surface area contributed by atoms with Gasteiger partial charge in [0, 0.05) is 32.4 Å². The first-order valence-corrected chi connectivity index (χ1v) is 17.0. The monoisotopic (exact) mass is 593 g/mol. The van der Waals surface area contributed by atoms with Crippen LogP contribution in [0.15, 0.2) is 170 Å². The van der Waals surface area contributed by atoms with Crippen molar-refractivity contribution >= 4 is 77.2 Å². The average Bonchev–Trinajstić information content (AvgIpc) is 3.44. The summed E-state index contributed by atoms with van der Waals surface area (Å²) in [6.45, 7) is 0. The van der Waals surface area contributed by atoms with E-state index in [1.165, 1.54) is 37.7 Å². The third kappa shape index (κ3) is 3.86.